The lowest BCUT2D eigenvalue weighted by Crippen LogP contribution is -2.28. The summed E-state index contributed by atoms with van der Waals surface area (Å²) in [5.74, 6) is 1.55. The normalized spacial score (nSPS) is 13.3. The quantitative estimate of drug-likeness (QED) is 0.811. The molecule has 0 aromatic carbocycles. The van der Waals surface area contributed by atoms with E-state index >= 15 is 0 Å². The third-order valence-corrected chi connectivity index (χ3v) is 3.97. The monoisotopic (exact) mass is 325 g/mol. The van der Waals surface area contributed by atoms with Crippen LogP contribution in [0.2, 0.25) is 10.2 Å². The fourth-order valence-corrected chi connectivity index (χ4v) is 2.74. The van der Waals surface area contributed by atoms with Crippen LogP contribution in [0.15, 0.2) is 12.3 Å². The minimum absolute atomic E-state index is 0.223. The number of rotatable bonds is 3. The first-order valence-corrected chi connectivity index (χ1v) is 7.29. The summed E-state index contributed by atoms with van der Waals surface area (Å²) in [6.07, 6.45) is 3.39. The number of pyridine rings is 1. The number of nitrogens with zero attached hydrogens (tertiary/aromatic N) is 5. The van der Waals surface area contributed by atoms with E-state index in [9.17, 15) is 4.79 Å². The van der Waals surface area contributed by atoms with Gasteiger partial charge < -0.3 is 9.47 Å². The highest BCUT2D eigenvalue weighted by atomic mass is 35.5. The molecule has 0 saturated carbocycles. The number of amides is 1. The molecule has 0 fully saturated rings. The van der Waals surface area contributed by atoms with Crippen molar-refractivity contribution < 1.29 is 4.79 Å². The van der Waals surface area contributed by atoms with Crippen molar-refractivity contribution in [2.45, 2.75) is 25.9 Å². The summed E-state index contributed by atoms with van der Waals surface area (Å²) in [6, 6.07) is 1.47. The van der Waals surface area contributed by atoms with E-state index in [0.29, 0.717) is 12.1 Å². The highest BCUT2D eigenvalue weighted by molar-refractivity contribution is 6.35. The van der Waals surface area contributed by atoms with Crippen molar-refractivity contribution in [2.75, 3.05) is 7.05 Å². The fraction of sp³-hybridized carbons (Fsp3) is 0.385. The Morgan fingerprint density at radius 1 is 1.43 bits per heavy atom. The van der Waals surface area contributed by atoms with Crippen LogP contribution in [0.25, 0.3) is 0 Å². The van der Waals surface area contributed by atoms with Crippen molar-refractivity contribution in [3.8, 4) is 0 Å². The minimum atomic E-state index is -0.223. The van der Waals surface area contributed by atoms with Crippen LogP contribution in [0.4, 0.5) is 0 Å². The Morgan fingerprint density at radius 3 is 3.05 bits per heavy atom. The summed E-state index contributed by atoms with van der Waals surface area (Å²) >= 11 is 11.8. The third kappa shape index (κ3) is 2.73. The molecular weight excluding hydrogens is 313 g/mol. The SMILES string of the molecule is CN(Cc1nnc2n1CCC2)C(=O)c1cc(Cl)ncc1Cl. The molecule has 21 heavy (non-hydrogen) atoms. The van der Waals surface area contributed by atoms with Crippen molar-refractivity contribution in [3.05, 3.63) is 39.7 Å². The molecule has 1 aliphatic rings. The minimum Gasteiger partial charge on any atom is -0.334 e. The maximum absolute atomic E-state index is 12.4. The molecular formula is C13H13Cl2N5O. The molecule has 3 heterocycles. The fourth-order valence-electron chi connectivity index (χ4n) is 2.39. The van der Waals surface area contributed by atoms with Gasteiger partial charge in [0.1, 0.15) is 11.0 Å². The smallest absolute Gasteiger partial charge is 0.255 e. The van der Waals surface area contributed by atoms with Crippen molar-refractivity contribution in [1.82, 2.24) is 24.6 Å². The molecule has 0 spiro atoms. The molecule has 0 radical (unpaired) electrons. The van der Waals surface area contributed by atoms with Crippen LogP contribution < -0.4 is 0 Å². The van der Waals surface area contributed by atoms with E-state index in [-0.39, 0.29) is 16.1 Å². The van der Waals surface area contributed by atoms with Crippen LogP contribution in [0, 0.1) is 0 Å². The summed E-state index contributed by atoms with van der Waals surface area (Å²) < 4.78 is 2.06. The van der Waals surface area contributed by atoms with Crippen molar-refractivity contribution >= 4 is 29.1 Å². The molecule has 0 N–H and O–H groups in total. The number of aromatic nitrogens is 4. The van der Waals surface area contributed by atoms with E-state index in [0.717, 1.165) is 31.0 Å². The molecule has 0 atom stereocenters. The zero-order valence-electron chi connectivity index (χ0n) is 11.4. The summed E-state index contributed by atoms with van der Waals surface area (Å²) in [5.41, 5.74) is 0.334. The number of halogens is 2. The number of carbonyl (C=O) groups excluding carboxylic acids is 1. The number of carbonyl (C=O) groups is 1. The molecule has 2 aromatic rings. The lowest BCUT2D eigenvalue weighted by molar-refractivity contribution is 0.0780. The number of fused-ring (bicyclic) bond motifs is 1. The Morgan fingerprint density at radius 2 is 2.24 bits per heavy atom. The predicted octanol–water partition coefficient (Wildman–Crippen LogP) is 2.20. The summed E-state index contributed by atoms with van der Waals surface area (Å²) in [5, 5.41) is 8.79. The largest absolute Gasteiger partial charge is 0.334 e. The van der Waals surface area contributed by atoms with Gasteiger partial charge in [0.2, 0.25) is 0 Å². The molecule has 0 saturated heterocycles. The van der Waals surface area contributed by atoms with Gasteiger partial charge in [0.15, 0.2) is 5.82 Å². The van der Waals surface area contributed by atoms with Crippen LogP contribution in [0.1, 0.15) is 28.4 Å². The molecule has 6 nitrogen and oxygen atoms in total. The zero-order valence-corrected chi connectivity index (χ0v) is 12.9. The molecule has 8 heteroatoms. The summed E-state index contributed by atoms with van der Waals surface area (Å²) in [6.45, 7) is 1.28. The highest BCUT2D eigenvalue weighted by Gasteiger charge is 2.21. The summed E-state index contributed by atoms with van der Waals surface area (Å²) in [7, 11) is 1.70. The van der Waals surface area contributed by atoms with Gasteiger partial charge in [0, 0.05) is 26.2 Å². The predicted molar refractivity (Wildman–Crippen MR) is 78.4 cm³/mol. The molecule has 1 aliphatic heterocycles. The Bertz CT molecular complexity index is 700. The van der Waals surface area contributed by atoms with E-state index in [1.165, 1.54) is 12.3 Å². The number of hydrogen-bond donors (Lipinski definition) is 0. The Balaban J connectivity index is 1.80. The van der Waals surface area contributed by atoms with Crippen LogP contribution >= 0.6 is 23.2 Å². The van der Waals surface area contributed by atoms with Gasteiger partial charge in [-0.3, -0.25) is 4.79 Å². The maximum atomic E-state index is 12.4. The lowest BCUT2D eigenvalue weighted by atomic mass is 10.2. The van der Waals surface area contributed by atoms with E-state index in [1.807, 2.05) is 0 Å². The first-order valence-electron chi connectivity index (χ1n) is 6.53. The Kier molecular flexibility index (Phi) is 3.82. The molecule has 1 amide bonds. The zero-order chi connectivity index (χ0) is 15.0. The van der Waals surface area contributed by atoms with Gasteiger partial charge in [-0.1, -0.05) is 23.2 Å². The number of hydrogen-bond acceptors (Lipinski definition) is 4. The molecule has 110 valence electrons. The molecule has 0 unspecified atom stereocenters. The van der Waals surface area contributed by atoms with Crippen LogP contribution in [0.5, 0.6) is 0 Å². The van der Waals surface area contributed by atoms with Crippen molar-refractivity contribution in [1.29, 1.82) is 0 Å². The van der Waals surface area contributed by atoms with Gasteiger partial charge >= 0.3 is 0 Å². The van der Waals surface area contributed by atoms with Gasteiger partial charge in [-0.2, -0.15) is 0 Å². The van der Waals surface area contributed by atoms with E-state index in [2.05, 4.69) is 19.7 Å². The van der Waals surface area contributed by atoms with Gasteiger partial charge in [0.05, 0.1) is 17.1 Å². The molecule has 3 rings (SSSR count). The second-order valence-electron chi connectivity index (χ2n) is 4.94. The Hall–Kier alpha value is -1.66. The maximum Gasteiger partial charge on any atom is 0.255 e. The van der Waals surface area contributed by atoms with Crippen LogP contribution in [-0.2, 0) is 19.5 Å². The standard InChI is InChI=1S/C13H13Cl2N5O/c1-19(7-12-18-17-11-3-2-4-20(11)12)13(21)8-5-10(15)16-6-9(8)14/h5-6H,2-4,7H2,1H3. The first kappa shape index (κ1) is 14.3. The van der Waals surface area contributed by atoms with Gasteiger partial charge in [0.25, 0.3) is 5.91 Å². The second-order valence-corrected chi connectivity index (χ2v) is 5.73. The second kappa shape index (κ2) is 5.61. The van der Waals surface area contributed by atoms with Crippen LogP contribution in [-0.4, -0.2) is 37.6 Å². The topological polar surface area (TPSA) is 63.9 Å². The van der Waals surface area contributed by atoms with Crippen molar-refractivity contribution in [2.24, 2.45) is 0 Å². The molecule has 0 aliphatic carbocycles. The van der Waals surface area contributed by atoms with E-state index in [1.54, 1.807) is 11.9 Å². The molecule has 2 aromatic heterocycles. The lowest BCUT2D eigenvalue weighted by Gasteiger charge is -2.17. The summed E-state index contributed by atoms with van der Waals surface area (Å²) in [4.78, 5) is 17.8. The average Bonchev–Trinajstić information content (AvgIpc) is 3.05. The van der Waals surface area contributed by atoms with Gasteiger partial charge in [-0.05, 0) is 12.5 Å². The molecule has 0 bridgehead atoms. The van der Waals surface area contributed by atoms with Crippen molar-refractivity contribution in [3.63, 3.8) is 0 Å². The van der Waals surface area contributed by atoms with E-state index < -0.39 is 0 Å². The van der Waals surface area contributed by atoms with E-state index in [4.69, 9.17) is 23.2 Å². The number of aryl methyl sites for hydroxylation is 1. The first-order chi connectivity index (χ1) is 10.1. The highest BCUT2D eigenvalue weighted by Crippen LogP contribution is 2.21. The average molecular weight is 326 g/mol. The van der Waals surface area contributed by atoms with Gasteiger partial charge in [-0.15, -0.1) is 10.2 Å². The Labute approximate surface area is 131 Å². The van der Waals surface area contributed by atoms with Gasteiger partial charge in [-0.25, -0.2) is 4.98 Å². The van der Waals surface area contributed by atoms with Crippen LogP contribution in [0.3, 0.4) is 0 Å². The third-order valence-electron chi connectivity index (χ3n) is 3.46.